The van der Waals surface area contributed by atoms with Gasteiger partial charge in [0.1, 0.15) is 10.3 Å². The third-order valence-corrected chi connectivity index (χ3v) is 2.19. The summed E-state index contributed by atoms with van der Waals surface area (Å²) < 4.78 is 63.7. The van der Waals surface area contributed by atoms with Gasteiger partial charge in [0.15, 0.2) is 12.0 Å². The Kier molecular flexibility index (Phi) is 4.02. The summed E-state index contributed by atoms with van der Waals surface area (Å²) in [5.41, 5.74) is -1.52. The minimum atomic E-state index is -5.14. The first-order chi connectivity index (χ1) is 7.74. The van der Waals surface area contributed by atoms with Gasteiger partial charge in [-0.3, -0.25) is 4.79 Å². The standard InChI is InChI=1S/C8H3BrF5NO2/c9-6-3(2-16)1-4(17-8(12,13)14)5(15-6)7(10)11/h1-2,7H. The average molecular weight is 320 g/mol. The largest absolute Gasteiger partial charge is 0.573 e. The van der Waals surface area contributed by atoms with E-state index in [0.717, 1.165) is 0 Å². The van der Waals surface area contributed by atoms with E-state index in [1.54, 1.807) is 0 Å². The summed E-state index contributed by atoms with van der Waals surface area (Å²) >= 11 is 2.68. The van der Waals surface area contributed by atoms with Crippen LogP contribution in [0.15, 0.2) is 10.7 Å². The lowest BCUT2D eigenvalue weighted by atomic mass is 10.2. The van der Waals surface area contributed by atoms with Gasteiger partial charge in [-0.15, -0.1) is 13.2 Å². The molecule has 1 rings (SSSR count). The van der Waals surface area contributed by atoms with E-state index in [0.29, 0.717) is 6.07 Å². The van der Waals surface area contributed by atoms with Crippen molar-refractivity contribution < 1.29 is 31.5 Å². The fraction of sp³-hybridized carbons (Fsp3) is 0.250. The molecule has 94 valence electrons. The number of alkyl halides is 5. The van der Waals surface area contributed by atoms with Crippen LogP contribution in [-0.2, 0) is 0 Å². The molecule has 3 nitrogen and oxygen atoms in total. The first-order valence-electron chi connectivity index (χ1n) is 3.94. The van der Waals surface area contributed by atoms with E-state index in [9.17, 15) is 26.7 Å². The topological polar surface area (TPSA) is 39.2 Å². The number of hydrogen-bond donors (Lipinski definition) is 0. The molecule has 0 saturated heterocycles. The highest BCUT2D eigenvalue weighted by Gasteiger charge is 2.34. The van der Waals surface area contributed by atoms with Crippen LogP contribution in [-0.4, -0.2) is 17.6 Å². The lowest BCUT2D eigenvalue weighted by molar-refractivity contribution is -0.275. The van der Waals surface area contributed by atoms with Crippen LogP contribution >= 0.6 is 15.9 Å². The SMILES string of the molecule is O=Cc1cc(OC(F)(F)F)c(C(F)F)nc1Br. The number of aromatic nitrogens is 1. The Labute approximate surface area is 99.7 Å². The van der Waals surface area contributed by atoms with Gasteiger partial charge in [-0.2, -0.15) is 0 Å². The zero-order valence-electron chi connectivity index (χ0n) is 7.76. The van der Waals surface area contributed by atoms with Crippen LogP contribution in [0, 0.1) is 0 Å². The third kappa shape index (κ3) is 3.62. The second kappa shape index (κ2) is 4.94. The Morgan fingerprint density at radius 2 is 2.00 bits per heavy atom. The van der Waals surface area contributed by atoms with Gasteiger partial charge in [0, 0.05) is 0 Å². The van der Waals surface area contributed by atoms with Crippen molar-refractivity contribution in [1.29, 1.82) is 0 Å². The number of ether oxygens (including phenoxy) is 1. The Bertz CT molecular complexity index is 435. The number of nitrogens with zero attached hydrogens (tertiary/aromatic N) is 1. The number of halogens is 6. The van der Waals surface area contributed by atoms with Crippen LogP contribution in [0.3, 0.4) is 0 Å². The fourth-order valence-corrected chi connectivity index (χ4v) is 1.34. The number of aldehydes is 1. The maximum Gasteiger partial charge on any atom is 0.573 e. The van der Waals surface area contributed by atoms with Gasteiger partial charge in [-0.05, 0) is 22.0 Å². The molecule has 0 aromatic carbocycles. The molecule has 0 radical (unpaired) electrons. The summed E-state index contributed by atoms with van der Waals surface area (Å²) in [4.78, 5) is 13.6. The van der Waals surface area contributed by atoms with Crippen molar-refractivity contribution in [2.75, 3.05) is 0 Å². The van der Waals surface area contributed by atoms with Gasteiger partial charge in [0.2, 0.25) is 0 Å². The van der Waals surface area contributed by atoms with Gasteiger partial charge in [0.25, 0.3) is 6.43 Å². The van der Waals surface area contributed by atoms with E-state index in [4.69, 9.17) is 0 Å². The molecule has 0 aliphatic rings. The molecule has 1 heterocycles. The first-order valence-corrected chi connectivity index (χ1v) is 4.73. The van der Waals surface area contributed by atoms with Gasteiger partial charge in [0.05, 0.1) is 5.56 Å². The van der Waals surface area contributed by atoms with Crippen LogP contribution in [0.25, 0.3) is 0 Å². The number of rotatable bonds is 3. The molecule has 1 aromatic heterocycles. The predicted molar refractivity (Wildman–Crippen MR) is 49.0 cm³/mol. The van der Waals surface area contributed by atoms with E-state index >= 15 is 0 Å². The second-order valence-electron chi connectivity index (χ2n) is 2.72. The van der Waals surface area contributed by atoms with Crippen molar-refractivity contribution in [3.8, 4) is 5.75 Å². The third-order valence-electron chi connectivity index (χ3n) is 1.56. The molecule has 0 aliphatic carbocycles. The van der Waals surface area contributed by atoms with Crippen LogP contribution < -0.4 is 4.74 Å². The summed E-state index contributed by atoms with van der Waals surface area (Å²) in [7, 11) is 0. The zero-order chi connectivity index (χ0) is 13.2. The van der Waals surface area contributed by atoms with Crippen molar-refractivity contribution in [2.45, 2.75) is 12.8 Å². The Morgan fingerprint density at radius 3 is 2.41 bits per heavy atom. The Morgan fingerprint density at radius 1 is 1.41 bits per heavy atom. The molecule has 0 fully saturated rings. The minimum absolute atomic E-state index is 0.162. The molecule has 0 aliphatic heterocycles. The summed E-state index contributed by atoms with van der Waals surface area (Å²) in [5, 5.41) is 0. The molecular weight excluding hydrogens is 317 g/mol. The second-order valence-corrected chi connectivity index (χ2v) is 3.47. The van der Waals surface area contributed by atoms with Crippen molar-refractivity contribution >= 4 is 22.2 Å². The van der Waals surface area contributed by atoms with Crippen LogP contribution in [0.1, 0.15) is 22.5 Å². The van der Waals surface area contributed by atoms with Crippen LogP contribution in [0.4, 0.5) is 22.0 Å². The summed E-state index contributed by atoms with van der Waals surface area (Å²) in [6.07, 6.45) is -8.24. The molecule has 0 unspecified atom stereocenters. The van der Waals surface area contributed by atoms with Gasteiger partial charge in [-0.1, -0.05) is 0 Å². The highest BCUT2D eigenvalue weighted by atomic mass is 79.9. The number of carbonyl (C=O) groups excluding carboxylic acids is 1. The predicted octanol–water partition coefficient (Wildman–Crippen LogP) is 3.49. The number of carbonyl (C=O) groups is 1. The molecule has 9 heteroatoms. The Balaban J connectivity index is 3.29. The summed E-state index contributed by atoms with van der Waals surface area (Å²) in [6.45, 7) is 0. The lowest BCUT2D eigenvalue weighted by Gasteiger charge is -2.13. The van der Waals surface area contributed by atoms with Gasteiger partial charge < -0.3 is 4.74 Å². The number of pyridine rings is 1. The highest BCUT2D eigenvalue weighted by Crippen LogP contribution is 2.33. The monoisotopic (exact) mass is 319 g/mol. The van der Waals surface area contributed by atoms with Crippen molar-refractivity contribution in [3.63, 3.8) is 0 Å². The first kappa shape index (κ1) is 13.8. The fourth-order valence-electron chi connectivity index (χ4n) is 0.946. The molecule has 0 bridgehead atoms. The van der Waals surface area contributed by atoms with E-state index in [1.165, 1.54) is 0 Å². The Hall–Kier alpha value is -1.25. The van der Waals surface area contributed by atoms with Crippen molar-refractivity contribution in [1.82, 2.24) is 4.98 Å². The van der Waals surface area contributed by atoms with E-state index in [2.05, 4.69) is 25.7 Å². The molecular formula is C8H3BrF5NO2. The molecule has 0 amide bonds. The van der Waals surface area contributed by atoms with Crippen LogP contribution in [0.5, 0.6) is 5.75 Å². The minimum Gasteiger partial charge on any atom is -0.404 e. The van der Waals surface area contributed by atoms with E-state index < -0.39 is 24.2 Å². The molecule has 0 saturated carbocycles. The summed E-state index contributed by atoms with van der Waals surface area (Å²) in [6, 6.07) is 0.541. The molecule has 0 spiro atoms. The quantitative estimate of drug-likeness (QED) is 0.486. The average Bonchev–Trinajstić information content (AvgIpc) is 2.17. The molecule has 0 N–H and O–H groups in total. The van der Waals surface area contributed by atoms with Crippen molar-refractivity contribution in [3.05, 3.63) is 21.9 Å². The highest BCUT2D eigenvalue weighted by molar-refractivity contribution is 9.10. The van der Waals surface area contributed by atoms with Gasteiger partial charge in [-0.25, -0.2) is 13.8 Å². The maximum atomic E-state index is 12.4. The molecule has 0 atom stereocenters. The lowest BCUT2D eigenvalue weighted by Crippen LogP contribution is -2.19. The van der Waals surface area contributed by atoms with Crippen molar-refractivity contribution in [2.24, 2.45) is 0 Å². The van der Waals surface area contributed by atoms with Crippen LogP contribution in [0.2, 0.25) is 0 Å². The smallest absolute Gasteiger partial charge is 0.404 e. The maximum absolute atomic E-state index is 12.4. The van der Waals surface area contributed by atoms with Gasteiger partial charge >= 0.3 is 6.36 Å². The molecule has 17 heavy (non-hydrogen) atoms. The normalized spacial score (nSPS) is 11.7. The summed E-state index contributed by atoms with van der Waals surface area (Å²) in [5.74, 6) is -1.20. The number of hydrogen-bond acceptors (Lipinski definition) is 3. The molecule has 1 aromatic rings. The van der Waals surface area contributed by atoms with E-state index in [-0.39, 0.29) is 16.5 Å². The van der Waals surface area contributed by atoms with E-state index in [1.807, 2.05) is 0 Å². The zero-order valence-corrected chi connectivity index (χ0v) is 9.35.